The van der Waals surface area contributed by atoms with Gasteiger partial charge in [0, 0.05) is 29.3 Å². The predicted octanol–water partition coefficient (Wildman–Crippen LogP) is 7.38. The van der Waals surface area contributed by atoms with E-state index in [1.807, 2.05) is 0 Å². The number of nitrogens with zero attached hydrogens (tertiary/aromatic N) is 2. The standard InChI is InChI=1S/C29H28N2S/c32-29-26-18-10-11-19-27(26)31(28(30-29)24-16-8-3-9-17-24)21-20-25(22-12-4-1-5-13-22)23-14-6-2-7-15-23/h1-9,12-17,25H,10-11,18-21H2. The molecule has 5 rings (SSSR count). The Bertz CT molecular complexity index is 1190. The van der Waals surface area contributed by atoms with E-state index in [-0.39, 0.29) is 0 Å². The van der Waals surface area contributed by atoms with Crippen molar-refractivity contribution in [3.05, 3.63) is 118 Å². The lowest BCUT2D eigenvalue weighted by Gasteiger charge is -2.26. The highest BCUT2D eigenvalue weighted by atomic mass is 32.1. The summed E-state index contributed by atoms with van der Waals surface area (Å²) < 4.78 is 3.26. The smallest absolute Gasteiger partial charge is 0.141 e. The molecule has 1 aliphatic carbocycles. The van der Waals surface area contributed by atoms with E-state index in [0.29, 0.717) is 5.92 Å². The van der Waals surface area contributed by atoms with Gasteiger partial charge in [-0.25, -0.2) is 4.98 Å². The normalized spacial score (nSPS) is 13.2. The highest BCUT2D eigenvalue weighted by Gasteiger charge is 2.21. The van der Waals surface area contributed by atoms with Crippen LogP contribution in [0.4, 0.5) is 0 Å². The minimum Gasteiger partial charge on any atom is -0.329 e. The molecule has 0 bridgehead atoms. The average Bonchev–Trinajstić information content (AvgIpc) is 2.87. The summed E-state index contributed by atoms with van der Waals surface area (Å²) in [6, 6.07) is 32.3. The van der Waals surface area contributed by atoms with E-state index < -0.39 is 0 Å². The predicted molar refractivity (Wildman–Crippen MR) is 134 cm³/mol. The highest BCUT2D eigenvalue weighted by molar-refractivity contribution is 7.71. The van der Waals surface area contributed by atoms with Crippen molar-refractivity contribution in [1.29, 1.82) is 0 Å². The fraction of sp³-hybridized carbons (Fsp3) is 0.241. The van der Waals surface area contributed by atoms with E-state index in [4.69, 9.17) is 17.2 Å². The molecule has 2 nitrogen and oxygen atoms in total. The van der Waals surface area contributed by atoms with Gasteiger partial charge in [-0.1, -0.05) is 103 Å². The summed E-state index contributed by atoms with van der Waals surface area (Å²) in [5, 5.41) is 0. The topological polar surface area (TPSA) is 17.8 Å². The monoisotopic (exact) mass is 436 g/mol. The zero-order valence-electron chi connectivity index (χ0n) is 18.3. The number of aromatic nitrogens is 2. The zero-order valence-corrected chi connectivity index (χ0v) is 19.1. The van der Waals surface area contributed by atoms with E-state index in [0.717, 1.165) is 41.8 Å². The van der Waals surface area contributed by atoms with Gasteiger partial charge in [0.1, 0.15) is 10.5 Å². The van der Waals surface area contributed by atoms with Gasteiger partial charge < -0.3 is 4.57 Å². The summed E-state index contributed by atoms with van der Waals surface area (Å²) >= 11 is 5.75. The third-order valence-corrected chi connectivity index (χ3v) is 6.90. The Labute approximate surface area is 195 Å². The van der Waals surface area contributed by atoms with Crippen LogP contribution in [0, 0.1) is 4.64 Å². The van der Waals surface area contributed by atoms with Crippen LogP contribution >= 0.6 is 12.2 Å². The van der Waals surface area contributed by atoms with Crippen molar-refractivity contribution in [2.75, 3.05) is 0 Å². The van der Waals surface area contributed by atoms with Gasteiger partial charge in [-0.15, -0.1) is 0 Å². The second-order valence-electron chi connectivity index (χ2n) is 8.55. The van der Waals surface area contributed by atoms with Crippen LogP contribution < -0.4 is 0 Å². The number of fused-ring (bicyclic) bond motifs is 1. The van der Waals surface area contributed by atoms with Gasteiger partial charge in [0.05, 0.1) is 0 Å². The van der Waals surface area contributed by atoms with Crippen molar-refractivity contribution >= 4 is 12.2 Å². The van der Waals surface area contributed by atoms with Gasteiger partial charge in [0.25, 0.3) is 0 Å². The molecular formula is C29H28N2S. The van der Waals surface area contributed by atoms with E-state index >= 15 is 0 Å². The molecule has 32 heavy (non-hydrogen) atoms. The minimum absolute atomic E-state index is 0.343. The summed E-state index contributed by atoms with van der Waals surface area (Å²) in [4.78, 5) is 4.96. The molecule has 0 unspecified atom stereocenters. The summed E-state index contributed by atoms with van der Waals surface area (Å²) in [6.07, 6.45) is 5.59. The van der Waals surface area contributed by atoms with E-state index in [1.54, 1.807) is 0 Å². The quantitative estimate of drug-likeness (QED) is 0.293. The van der Waals surface area contributed by atoms with Crippen LogP contribution in [0.3, 0.4) is 0 Å². The summed E-state index contributed by atoms with van der Waals surface area (Å²) in [7, 11) is 0. The van der Waals surface area contributed by atoms with Gasteiger partial charge >= 0.3 is 0 Å². The SMILES string of the molecule is S=c1nc(-c2ccccc2)n(CCC(c2ccccc2)c2ccccc2)c2c1CCCC2. The van der Waals surface area contributed by atoms with Gasteiger partial charge in [0.15, 0.2) is 0 Å². The maximum Gasteiger partial charge on any atom is 0.141 e. The molecule has 1 heterocycles. The highest BCUT2D eigenvalue weighted by Crippen LogP contribution is 2.32. The Hall–Kier alpha value is -3.04. The Morgan fingerprint density at radius 1 is 0.750 bits per heavy atom. The Balaban J connectivity index is 1.57. The first-order valence-corrected chi connectivity index (χ1v) is 12.0. The molecule has 0 aliphatic heterocycles. The molecule has 0 fully saturated rings. The van der Waals surface area contributed by atoms with Gasteiger partial charge in [-0.3, -0.25) is 0 Å². The second-order valence-corrected chi connectivity index (χ2v) is 8.94. The Kier molecular flexibility index (Phi) is 6.27. The van der Waals surface area contributed by atoms with Gasteiger partial charge in [0.2, 0.25) is 0 Å². The van der Waals surface area contributed by atoms with Crippen LogP contribution in [-0.2, 0) is 19.4 Å². The molecule has 1 aromatic heterocycles. The lowest BCUT2D eigenvalue weighted by Crippen LogP contribution is -2.19. The van der Waals surface area contributed by atoms with Crippen molar-refractivity contribution in [2.24, 2.45) is 0 Å². The molecule has 0 N–H and O–H groups in total. The van der Waals surface area contributed by atoms with Crippen molar-refractivity contribution in [3.8, 4) is 11.4 Å². The molecule has 0 atom stereocenters. The molecule has 160 valence electrons. The molecule has 3 aromatic carbocycles. The molecule has 0 saturated carbocycles. The number of benzene rings is 3. The molecule has 0 saturated heterocycles. The lowest BCUT2D eigenvalue weighted by molar-refractivity contribution is 0.539. The Morgan fingerprint density at radius 3 is 1.94 bits per heavy atom. The lowest BCUT2D eigenvalue weighted by atomic mass is 9.88. The minimum atomic E-state index is 0.343. The summed E-state index contributed by atoms with van der Waals surface area (Å²) in [5.41, 5.74) is 6.56. The summed E-state index contributed by atoms with van der Waals surface area (Å²) in [6.45, 7) is 0.920. The van der Waals surface area contributed by atoms with Crippen LogP contribution in [0.25, 0.3) is 11.4 Å². The fourth-order valence-corrected chi connectivity index (χ4v) is 5.28. The van der Waals surface area contributed by atoms with Crippen LogP contribution in [0.15, 0.2) is 91.0 Å². The third-order valence-electron chi connectivity index (χ3n) is 6.56. The fourth-order valence-electron chi connectivity index (χ4n) is 4.97. The van der Waals surface area contributed by atoms with E-state index in [1.165, 1.54) is 35.2 Å². The van der Waals surface area contributed by atoms with Crippen LogP contribution in [0.5, 0.6) is 0 Å². The molecule has 1 aliphatic rings. The van der Waals surface area contributed by atoms with Crippen LogP contribution in [0.1, 0.15) is 47.6 Å². The Morgan fingerprint density at radius 2 is 1.31 bits per heavy atom. The second kappa shape index (κ2) is 9.62. The molecule has 0 radical (unpaired) electrons. The maximum absolute atomic E-state index is 5.75. The van der Waals surface area contributed by atoms with Crippen molar-refractivity contribution < 1.29 is 0 Å². The molecule has 4 aromatic rings. The van der Waals surface area contributed by atoms with Crippen molar-refractivity contribution in [2.45, 2.75) is 44.6 Å². The van der Waals surface area contributed by atoms with Crippen molar-refractivity contribution in [1.82, 2.24) is 9.55 Å². The number of rotatable bonds is 6. The first-order chi connectivity index (χ1) is 15.8. The first-order valence-electron chi connectivity index (χ1n) is 11.6. The van der Waals surface area contributed by atoms with Gasteiger partial charge in [-0.2, -0.15) is 0 Å². The third kappa shape index (κ3) is 4.31. The van der Waals surface area contributed by atoms with Gasteiger partial charge in [-0.05, 0) is 43.2 Å². The molecule has 0 spiro atoms. The first kappa shape index (κ1) is 20.8. The largest absolute Gasteiger partial charge is 0.329 e. The van der Waals surface area contributed by atoms with E-state index in [2.05, 4.69) is 95.6 Å². The zero-order chi connectivity index (χ0) is 21.8. The van der Waals surface area contributed by atoms with Crippen LogP contribution in [-0.4, -0.2) is 9.55 Å². The van der Waals surface area contributed by atoms with Crippen molar-refractivity contribution in [3.63, 3.8) is 0 Å². The number of hydrogen-bond acceptors (Lipinski definition) is 2. The molecule has 3 heteroatoms. The number of hydrogen-bond donors (Lipinski definition) is 0. The van der Waals surface area contributed by atoms with Crippen LogP contribution in [0.2, 0.25) is 0 Å². The van der Waals surface area contributed by atoms with E-state index in [9.17, 15) is 0 Å². The summed E-state index contributed by atoms with van der Waals surface area (Å²) in [5.74, 6) is 1.35. The molecule has 0 amide bonds. The maximum atomic E-state index is 5.75. The average molecular weight is 437 g/mol. The molecular weight excluding hydrogens is 408 g/mol.